The normalized spacial score (nSPS) is 12.5. The molecular formula is C18H11N3S. The van der Waals surface area contributed by atoms with E-state index >= 15 is 0 Å². The van der Waals surface area contributed by atoms with Crippen molar-refractivity contribution >= 4 is 34.0 Å². The molecule has 0 amide bonds. The summed E-state index contributed by atoms with van der Waals surface area (Å²) in [5.41, 5.74) is 4.07. The first-order valence-corrected chi connectivity index (χ1v) is 7.61. The molecule has 0 spiro atoms. The van der Waals surface area contributed by atoms with Crippen LogP contribution in [0.25, 0.3) is 33.3 Å². The van der Waals surface area contributed by atoms with Crippen LogP contribution in [0.4, 0.5) is 0 Å². The van der Waals surface area contributed by atoms with Crippen LogP contribution in [0.15, 0.2) is 54.6 Å². The lowest BCUT2D eigenvalue weighted by Crippen LogP contribution is -2.00. The highest BCUT2D eigenvalue weighted by molar-refractivity contribution is 7.71. The minimum absolute atomic E-state index is 0.749. The van der Waals surface area contributed by atoms with Crippen LogP contribution in [-0.4, -0.2) is 14.5 Å². The first kappa shape index (κ1) is 12.0. The summed E-state index contributed by atoms with van der Waals surface area (Å²) >= 11 is 5.67. The lowest BCUT2D eigenvalue weighted by Gasteiger charge is -2.06. The highest BCUT2D eigenvalue weighted by Crippen LogP contribution is 2.33. The Morgan fingerprint density at radius 3 is 2.59 bits per heavy atom. The Balaban J connectivity index is 1.90. The van der Waals surface area contributed by atoms with E-state index in [1.807, 2.05) is 42.5 Å². The quantitative estimate of drug-likeness (QED) is 0.399. The highest BCUT2D eigenvalue weighted by atomic mass is 32.1. The number of hydrogen-bond acceptors (Lipinski definition) is 3. The fourth-order valence-electron chi connectivity index (χ4n) is 3.14. The van der Waals surface area contributed by atoms with Crippen LogP contribution in [0.2, 0.25) is 0 Å². The van der Waals surface area contributed by atoms with Gasteiger partial charge in [-0.1, -0.05) is 42.5 Å². The minimum Gasteiger partial charge on any atom is -0.310 e. The molecule has 0 N–H and O–H groups in total. The molecule has 1 aliphatic rings. The molecule has 0 atom stereocenters. The summed E-state index contributed by atoms with van der Waals surface area (Å²) in [6, 6.07) is 18.4. The van der Waals surface area contributed by atoms with Crippen molar-refractivity contribution < 1.29 is 0 Å². The Bertz CT molecular complexity index is 1130. The van der Waals surface area contributed by atoms with E-state index in [1.54, 1.807) is 0 Å². The van der Waals surface area contributed by atoms with Crippen LogP contribution in [-0.2, 0) is 6.54 Å². The van der Waals surface area contributed by atoms with Gasteiger partial charge >= 0.3 is 0 Å². The summed E-state index contributed by atoms with van der Waals surface area (Å²) in [6.45, 7) is 0.749. The third-order valence-electron chi connectivity index (χ3n) is 4.20. The molecule has 0 radical (unpaired) electrons. The van der Waals surface area contributed by atoms with E-state index in [0.717, 1.165) is 44.5 Å². The van der Waals surface area contributed by atoms with Gasteiger partial charge in [0.15, 0.2) is 5.82 Å². The molecule has 0 bridgehead atoms. The predicted octanol–water partition coefficient (Wildman–Crippen LogP) is 4.34. The average Bonchev–Trinajstić information content (AvgIpc) is 2.91. The zero-order chi connectivity index (χ0) is 14.7. The Morgan fingerprint density at radius 1 is 0.909 bits per heavy atom. The molecule has 2 aromatic heterocycles. The Morgan fingerprint density at radius 2 is 1.68 bits per heavy atom. The second-order valence-corrected chi connectivity index (χ2v) is 5.92. The van der Waals surface area contributed by atoms with E-state index in [0.29, 0.717) is 0 Å². The molecule has 0 aliphatic carbocycles. The number of para-hydroxylation sites is 2. The van der Waals surface area contributed by atoms with Crippen molar-refractivity contribution in [2.24, 2.45) is 0 Å². The van der Waals surface area contributed by atoms with Gasteiger partial charge in [0.2, 0.25) is 0 Å². The first-order valence-electron chi connectivity index (χ1n) is 7.20. The van der Waals surface area contributed by atoms with E-state index in [2.05, 4.69) is 16.7 Å². The lowest BCUT2D eigenvalue weighted by atomic mass is 10.1. The molecule has 5 rings (SSSR count). The maximum atomic E-state index is 5.67. The van der Waals surface area contributed by atoms with E-state index in [4.69, 9.17) is 22.2 Å². The zero-order valence-corrected chi connectivity index (χ0v) is 12.5. The van der Waals surface area contributed by atoms with Crippen LogP contribution in [0.5, 0.6) is 0 Å². The number of pyridine rings is 1. The zero-order valence-electron chi connectivity index (χ0n) is 11.7. The molecule has 4 heteroatoms. The lowest BCUT2D eigenvalue weighted by molar-refractivity contribution is 0.817. The van der Waals surface area contributed by atoms with E-state index < -0.39 is 0 Å². The number of benzene rings is 2. The van der Waals surface area contributed by atoms with Crippen molar-refractivity contribution in [3.63, 3.8) is 0 Å². The maximum Gasteiger partial charge on any atom is 0.161 e. The van der Waals surface area contributed by atoms with Crippen LogP contribution in [0, 0.1) is 4.64 Å². The van der Waals surface area contributed by atoms with Gasteiger partial charge in [-0.25, -0.2) is 9.97 Å². The van der Waals surface area contributed by atoms with E-state index in [1.165, 1.54) is 5.56 Å². The average molecular weight is 301 g/mol. The van der Waals surface area contributed by atoms with Gasteiger partial charge in [-0.3, -0.25) is 0 Å². The smallest absolute Gasteiger partial charge is 0.161 e. The number of fused-ring (bicyclic) bond motifs is 5. The van der Waals surface area contributed by atoms with Gasteiger partial charge in [-0.15, -0.1) is 0 Å². The summed E-state index contributed by atoms with van der Waals surface area (Å²) in [5, 5.41) is 2.18. The summed E-state index contributed by atoms with van der Waals surface area (Å²) in [6.07, 6.45) is 0. The number of hydrogen-bond donors (Lipinski definition) is 0. The molecular weight excluding hydrogens is 290 g/mol. The third kappa shape index (κ3) is 1.53. The molecule has 1 aliphatic heterocycles. The van der Waals surface area contributed by atoms with Crippen LogP contribution in [0.1, 0.15) is 5.56 Å². The second kappa shape index (κ2) is 4.21. The van der Waals surface area contributed by atoms with Crippen molar-refractivity contribution in [2.45, 2.75) is 6.54 Å². The summed E-state index contributed by atoms with van der Waals surface area (Å²) in [7, 11) is 0. The molecule has 0 saturated heterocycles. The topological polar surface area (TPSA) is 30.7 Å². The van der Waals surface area contributed by atoms with Gasteiger partial charge in [-0.2, -0.15) is 0 Å². The molecule has 104 valence electrons. The van der Waals surface area contributed by atoms with Gasteiger partial charge in [0.05, 0.1) is 17.6 Å². The monoisotopic (exact) mass is 301 g/mol. The van der Waals surface area contributed by atoms with Gasteiger partial charge in [0.1, 0.15) is 10.3 Å². The fourth-order valence-corrected chi connectivity index (χ4v) is 3.46. The van der Waals surface area contributed by atoms with Gasteiger partial charge in [-0.05, 0) is 24.3 Å². The van der Waals surface area contributed by atoms with Gasteiger partial charge in [0, 0.05) is 16.3 Å². The number of rotatable bonds is 0. The Kier molecular flexibility index (Phi) is 2.30. The second-order valence-electron chi connectivity index (χ2n) is 5.53. The van der Waals surface area contributed by atoms with Crippen molar-refractivity contribution in [1.29, 1.82) is 0 Å². The Hall–Kier alpha value is -2.59. The maximum absolute atomic E-state index is 5.67. The minimum atomic E-state index is 0.749. The SMILES string of the molecule is S=c1c2ccccc2nc2n1Cc1cc3ccccc3nc1-2. The summed E-state index contributed by atoms with van der Waals surface area (Å²) in [4.78, 5) is 9.61. The summed E-state index contributed by atoms with van der Waals surface area (Å²) < 4.78 is 2.93. The van der Waals surface area contributed by atoms with Crippen molar-refractivity contribution in [1.82, 2.24) is 14.5 Å². The Labute approximate surface area is 131 Å². The molecule has 3 heterocycles. The molecule has 4 aromatic rings. The van der Waals surface area contributed by atoms with Crippen LogP contribution >= 0.6 is 12.2 Å². The van der Waals surface area contributed by atoms with Gasteiger partial charge < -0.3 is 4.57 Å². The molecule has 0 fully saturated rings. The molecule has 2 aromatic carbocycles. The first-order chi connectivity index (χ1) is 10.8. The van der Waals surface area contributed by atoms with Crippen LogP contribution < -0.4 is 0 Å². The van der Waals surface area contributed by atoms with Crippen molar-refractivity contribution in [2.75, 3.05) is 0 Å². The number of aromatic nitrogens is 3. The third-order valence-corrected chi connectivity index (χ3v) is 4.65. The standard InChI is InChI=1S/C18H11N3S/c22-18-13-6-2-4-8-15(13)20-17-16-12(10-21(17)18)9-11-5-1-3-7-14(11)19-16/h1-9H,10H2. The largest absolute Gasteiger partial charge is 0.310 e. The van der Waals surface area contributed by atoms with Crippen molar-refractivity contribution in [3.05, 3.63) is 64.8 Å². The van der Waals surface area contributed by atoms with Crippen LogP contribution in [0.3, 0.4) is 0 Å². The predicted molar refractivity (Wildman–Crippen MR) is 90.4 cm³/mol. The van der Waals surface area contributed by atoms with Gasteiger partial charge in [0.25, 0.3) is 0 Å². The highest BCUT2D eigenvalue weighted by Gasteiger charge is 2.23. The fraction of sp³-hybridized carbons (Fsp3) is 0.0556. The molecule has 0 saturated carbocycles. The summed E-state index contributed by atoms with van der Waals surface area (Å²) in [5.74, 6) is 0.879. The van der Waals surface area contributed by atoms with Crippen molar-refractivity contribution in [3.8, 4) is 11.5 Å². The molecule has 22 heavy (non-hydrogen) atoms. The molecule has 3 nitrogen and oxygen atoms in total. The van der Waals surface area contributed by atoms with E-state index in [9.17, 15) is 0 Å². The molecule has 0 unspecified atom stereocenters. The number of nitrogens with zero attached hydrogens (tertiary/aromatic N) is 3. The van der Waals surface area contributed by atoms with E-state index in [-0.39, 0.29) is 0 Å².